The Morgan fingerprint density at radius 2 is 2.21 bits per heavy atom. The van der Waals surface area contributed by atoms with Crippen LogP contribution in [0.2, 0.25) is 0 Å². The van der Waals surface area contributed by atoms with Gasteiger partial charge in [-0.25, -0.2) is 4.98 Å². The number of nitrogens with zero attached hydrogens (tertiary/aromatic N) is 3. The number of hydrogen-bond acceptors (Lipinski definition) is 4. The van der Waals surface area contributed by atoms with E-state index < -0.39 is 0 Å². The second kappa shape index (κ2) is 5.84. The van der Waals surface area contributed by atoms with Crippen LogP contribution in [-0.2, 0) is 0 Å². The van der Waals surface area contributed by atoms with E-state index in [0.717, 1.165) is 43.3 Å². The first-order valence-electron chi connectivity index (χ1n) is 6.79. The standard InChI is InChI=1S/C14H22N4S/c1-4-17-7-8-18(9-11(17)3)14-12(13(15)19)6-5-10(2)16-14/h5-6,11H,4,7-9H2,1-3H3,(H2,15,19). The summed E-state index contributed by atoms with van der Waals surface area (Å²) in [5.41, 5.74) is 7.70. The quantitative estimate of drug-likeness (QED) is 0.850. The number of likely N-dealkylation sites (N-methyl/N-ethyl adjacent to an activating group) is 1. The van der Waals surface area contributed by atoms with Crippen molar-refractivity contribution in [2.75, 3.05) is 31.1 Å². The topological polar surface area (TPSA) is 45.4 Å². The van der Waals surface area contributed by atoms with Crippen LogP contribution in [0, 0.1) is 6.92 Å². The fourth-order valence-electron chi connectivity index (χ4n) is 2.63. The fourth-order valence-corrected chi connectivity index (χ4v) is 2.79. The minimum Gasteiger partial charge on any atom is -0.389 e. The molecule has 104 valence electrons. The van der Waals surface area contributed by atoms with E-state index in [1.165, 1.54) is 0 Å². The molecule has 4 nitrogen and oxygen atoms in total. The van der Waals surface area contributed by atoms with Crippen LogP contribution in [0.5, 0.6) is 0 Å². The van der Waals surface area contributed by atoms with Gasteiger partial charge < -0.3 is 10.6 Å². The molecule has 1 fully saturated rings. The Kier molecular flexibility index (Phi) is 4.37. The molecule has 19 heavy (non-hydrogen) atoms. The highest BCUT2D eigenvalue weighted by atomic mass is 32.1. The molecule has 0 spiro atoms. The third-order valence-electron chi connectivity index (χ3n) is 3.75. The number of pyridine rings is 1. The van der Waals surface area contributed by atoms with Gasteiger partial charge in [-0.3, -0.25) is 4.90 Å². The minimum atomic E-state index is 0.424. The predicted octanol–water partition coefficient (Wildman–Crippen LogP) is 1.55. The van der Waals surface area contributed by atoms with Crippen LogP contribution in [0.25, 0.3) is 0 Å². The highest BCUT2D eigenvalue weighted by Gasteiger charge is 2.25. The van der Waals surface area contributed by atoms with Gasteiger partial charge in [0.25, 0.3) is 0 Å². The summed E-state index contributed by atoms with van der Waals surface area (Å²) in [4.78, 5) is 9.85. The molecule has 1 aromatic heterocycles. The average molecular weight is 278 g/mol. The van der Waals surface area contributed by atoms with Crippen molar-refractivity contribution < 1.29 is 0 Å². The lowest BCUT2D eigenvalue weighted by Crippen LogP contribution is -2.52. The van der Waals surface area contributed by atoms with Crippen LogP contribution in [0.1, 0.15) is 25.1 Å². The van der Waals surface area contributed by atoms with E-state index in [-0.39, 0.29) is 0 Å². The van der Waals surface area contributed by atoms with Crippen molar-refractivity contribution in [3.05, 3.63) is 23.4 Å². The maximum Gasteiger partial charge on any atom is 0.139 e. The number of aryl methyl sites for hydroxylation is 1. The molecule has 2 rings (SSSR count). The zero-order chi connectivity index (χ0) is 14.0. The van der Waals surface area contributed by atoms with E-state index in [4.69, 9.17) is 18.0 Å². The zero-order valence-corrected chi connectivity index (χ0v) is 12.7. The van der Waals surface area contributed by atoms with Gasteiger partial charge in [-0.2, -0.15) is 0 Å². The van der Waals surface area contributed by atoms with Gasteiger partial charge in [0.15, 0.2) is 0 Å². The molecule has 0 amide bonds. The number of thiocarbonyl (C=S) groups is 1. The summed E-state index contributed by atoms with van der Waals surface area (Å²) in [7, 11) is 0. The molecule has 5 heteroatoms. The van der Waals surface area contributed by atoms with Crippen LogP contribution in [0.4, 0.5) is 5.82 Å². The molecule has 2 heterocycles. The largest absolute Gasteiger partial charge is 0.389 e. The first-order valence-corrected chi connectivity index (χ1v) is 7.20. The van der Waals surface area contributed by atoms with Crippen LogP contribution >= 0.6 is 12.2 Å². The Morgan fingerprint density at radius 1 is 1.47 bits per heavy atom. The SMILES string of the molecule is CCN1CCN(c2nc(C)ccc2C(N)=S)CC1C. The van der Waals surface area contributed by atoms with Crippen LogP contribution < -0.4 is 10.6 Å². The van der Waals surface area contributed by atoms with Crippen molar-refractivity contribution in [1.29, 1.82) is 0 Å². The highest BCUT2D eigenvalue weighted by Crippen LogP contribution is 2.22. The highest BCUT2D eigenvalue weighted by molar-refractivity contribution is 7.80. The van der Waals surface area contributed by atoms with Gasteiger partial charge in [-0.1, -0.05) is 19.1 Å². The van der Waals surface area contributed by atoms with Gasteiger partial charge in [-0.15, -0.1) is 0 Å². The number of anilines is 1. The molecule has 1 aliphatic rings. The molecule has 2 N–H and O–H groups in total. The number of aromatic nitrogens is 1. The van der Waals surface area contributed by atoms with E-state index in [1.54, 1.807) is 0 Å². The summed E-state index contributed by atoms with van der Waals surface area (Å²) >= 11 is 5.14. The van der Waals surface area contributed by atoms with Crippen molar-refractivity contribution in [2.45, 2.75) is 26.8 Å². The second-order valence-electron chi connectivity index (χ2n) is 5.11. The van der Waals surface area contributed by atoms with Crippen molar-refractivity contribution in [3.63, 3.8) is 0 Å². The zero-order valence-electron chi connectivity index (χ0n) is 11.9. The van der Waals surface area contributed by atoms with Gasteiger partial charge in [-0.05, 0) is 32.5 Å². The molecule has 1 unspecified atom stereocenters. The smallest absolute Gasteiger partial charge is 0.139 e. The molecular formula is C14H22N4S. The maximum atomic E-state index is 5.81. The second-order valence-corrected chi connectivity index (χ2v) is 5.55. The molecule has 1 aromatic rings. The maximum absolute atomic E-state index is 5.81. The van der Waals surface area contributed by atoms with Gasteiger partial charge in [0.1, 0.15) is 10.8 Å². The van der Waals surface area contributed by atoms with Crippen molar-refractivity contribution >= 4 is 23.0 Å². The summed E-state index contributed by atoms with van der Waals surface area (Å²) in [5.74, 6) is 0.940. The summed E-state index contributed by atoms with van der Waals surface area (Å²) in [6, 6.07) is 4.47. The van der Waals surface area contributed by atoms with Crippen LogP contribution in [-0.4, -0.2) is 47.1 Å². The number of piperazine rings is 1. The first-order chi connectivity index (χ1) is 9.02. The Balaban J connectivity index is 2.27. The van der Waals surface area contributed by atoms with E-state index in [2.05, 4.69) is 28.6 Å². The van der Waals surface area contributed by atoms with Gasteiger partial charge >= 0.3 is 0 Å². The lowest BCUT2D eigenvalue weighted by atomic mass is 10.1. The average Bonchev–Trinajstić information content (AvgIpc) is 2.38. The molecule has 0 bridgehead atoms. The van der Waals surface area contributed by atoms with Gasteiger partial charge in [0.05, 0.1) is 5.56 Å². The number of hydrogen-bond donors (Lipinski definition) is 1. The summed E-state index contributed by atoms with van der Waals surface area (Å²) in [6.45, 7) is 10.6. The molecule has 0 saturated carbocycles. The van der Waals surface area contributed by atoms with Crippen LogP contribution in [0.3, 0.4) is 0 Å². The molecule has 1 saturated heterocycles. The molecule has 0 aromatic carbocycles. The molecule has 1 aliphatic heterocycles. The molecular weight excluding hydrogens is 256 g/mol. The minimum absolute atomic E-state index is 0.424. The lowest BCUT2D eigenvalue weighted by Gasteiger charge is -2.40. The number of nitrogens with two attached hydrogens (primary N) is 1. The Bertz CT molecular complexity index is 475. The first kappa shape index (κ1) is 14.2. The van der Waals surface area contributed by atoms with Crippen molar-refractivity contribution in [1.82, 2.24) is 9.88 Å². The molecule has 1 atom stereocenters. The van der Waals surface area contributed by atoms with E-state index in [9.17, 15) is 0 Å². The molecule has 0 aliphatic carbocycles. The van der Waals surface area contributed by atoms with Gasteiger partial charge in [0.2, 0.25) is 0 Å². The molecule has 0 radical (unpaired) electrons. The lowest BCUT2D eigenvalue weighted by molar-refractivity contribution is 0.199. The Labute approximate surface area is 120 Å². The van der Waals surface area contributed by atoms with E-state index in [0.29, 0.717) is 11.0 Å². The van der Waals surface area contributed by atoms with Crippen LogP contribution in [0.15, 0.2) is 12.1 Å². The predicted molar refractivity (Wildman–Crippen MR) is 83.8 cm³/mol. The third-order valence-corrected chi connectivity index (χ3v) is 3.97. The normalized spacial score (nSPS) is 20.6. The fraction of sp³-hybridized carbons (Fsp3) is 0.571. The summed E-state index contributed by atoms with van der Waals surface area (Å²) < 4.78 is 0. The monoisotopic (exact) mass is 278 g/mol. The Morgan fingerprint density at radius 3 is 2.79 bits per heavy atom. The number of rotatable bonds is 3. The van der Waals surface area contributed by atoms with Crippen molar-refractivity contribution in [2.24, 2.45) is 5.73 Å². The van der Waals surface area contributed by atoms with Crippen molar-refractivity contribution in [3.8, 4) is 0 Å². The van der Waals surface area contributed by atoms with E-state index >= 15 is 0 Å². The van der Waals surface area contributed by atoms with E-state index in [1.807, 2.05) is 19.1 Å². The summed E-state index contributed by atoms with van der Waals surface area (Å²) in [6.07, 6.45) is 0. The summed E-state index contributed by atoms with van der Waals surface area (Å²) in [5, 5.41) is 0. The third kappa shape index (κ3) is 3.04. The Hall–Kier alpha value is -1.20. The van der Waals surface area contributed by atoms with Gasteiger partial charge in [0, 0.05) is 31.4 Å².